The molecule has 2 aromatic rings. The van der Waals surface area contributed by atoms with Gasteiger partial charge in [0.15, 0.2) is 24.8 Å². The molecule has 0 amide bonds. The van der Waals surface area contributed by atoms with Gasteiger partial charge in [-0.1, -0.05) is 65.2 Å². The van der Waals surface area contributed by atoms with Crippen LogP contribution in [-0.2, 0) is 13.1 Å². The molecular weight excluding hydrogens is 452 g/mol. The summed E-state index contributed by atoms with van der Waals surface area (Å²) in [6.07, 6.45) is 27.9. The first-order valence-electron chi connectivity index (χ1n) is 14.1. The van der Waals surface area contributed by atoms with Crippen molar-refractivity contribution in [1.82, 2.24) is 0 Å². The summed E-state index contributed by atoms with van der Waals surface area (Å²) in [7, 11) is 0. The highest BCUT2D eigenvalue weighted by molar-refractivity contribution is 7.99. The maximum absolute atomic E-state index is 2.33. The number of rotatable bonds is 21. The summed E-state index contributed by atoms with van der Waals surface area (Å²) >= 11 is 4.04. The molecule has 0 aliphatic rings. The van der Waals surface area contributed by atoms with E-state index < -0.39 is 0 Å². The minimum atomic E-state index is 1.16. The van der Waals surface area contributed by atoms with Crippen LogP contribution in [0.2, 0.25) is 0 Å². The molecule has 0 fully saturated rings. The smallest absolute Gasteiger partial charge is 0.169 e. The standard InChI is InChI=1S/C30H50N2S2/c1-3-5-7-13-21-31-23-17-29(18-24-31)33-27-15-11-9-10-12-16-28-34-30-19-25-32(26-20-30)22-14-8-6-4-2/h17-20,23-26H,3-16,21-22,27-28H2,1-2H3/q+2. The summed E-state index contributed by atoms with van der Waals surface area (Å²) in [6.45, 7) is 6.87. The lowest BCUT2D eigenvalue weighted by Crippen LogP contribution is -2.32. The summed E-state index contributed by atoms with van der Waals surface area (Å²) in [6, 6.07) is 9.17. The van der Waals surface area contributed by atoms with Gasteiger partial charge in [-0.15, -0.1) is 23.5 Å². The number of nitrogens with zero attached hydrogens (tertiary/aromatic N) is 2. The lowest BCUT2D eigenvalue weighted by Gasteiger charge is -2.04. The van der Waals surface area contributed by atoms with Crippen LogP contribution >= 0.6 is 23.5 Å². The number of aromatic nitrogens is 2. The minimum absolute atomic E-state index is 1.16. The van der Waals surface area contributed by atoms with Gasteiger partial charge in [-0.25, -0.2) is 9.13 Å². The van der Waals surface area contributed by atoms with E-state index in [-0.39, 0.29) is 0 Å². The van der Waals surface area contributed by atoms with Crippen molar-refractivity contribution in [2.75, 3.05) is 11.5 Å². The first-order chi connectivity index (χ1) is 16.8. The third-order valence-corrected chi connectivity index (χ3v) is 8.53. The second kappa shape index (κ2) is 20.2. The third kappa shape index (κ3) is 14.4. The average molecular weight is 503 g/mol. The molecule has 34 heavy (non-hydrogen) atoms. The van der Waals surface area contributed by atoms with Gasteiger partial charge >= 0.3 is 0 Å². The Hall–Kier alpha value is -1.00. The van der Waals surface area contributed by atoms with E-state index in [1.54, 1.807) is 0 Å². The molecule has 0 radical (unpaired) electrons. The minimum Gasteiger partial charge on any atom is -0.205 e. The van der Waals surface area contributed by atoms with Gasteiger partial charge < -0.3 is 0 Å². The maximum Gasteiger partial charge on any atom is 0.169 e. The van der Waals surface area contributed by atoms with Gasteiger partial charge in [0.25, 0.3) is 0 Å². The molecule has 0 saturated heterocycles. The van der Waals surface area contributed by atoms with Gasteiger partial charge in [0.1, 0.15) is 13.1 Å². The Balaban J connectivity index is 1.41. The van der Waals surface area contributed by atoms with Crippen molar-refractivity contribution in [3.05, 3.63) is 49.1 Å². The molecule has 2 heterocycles. The van der Waals surface area contributed by atoms with Crippen LogP contribution in [0.4, 0.5) is 0 Å². The van der Waals surface area contributed by atoms with Crippen molar-refractivity contribution in [3.63, 3.8) is 0 Å². The van der Waals surface area contributed by atoms with Gasteiger partial charge in [0.05, 0.1) is 0 Å². The number of hydrogen-bond acceptors (Lipinski definition) is 2. The molecule has 0 atom stereocenters. The SMILES string of the molecule is CCCCCC[n+]1ccc(SCCCCCCCCSc2cc[n+](CCCCCC)cc2)cc1. The maximum atomic E-state index is 2.33. The Kier molecular flexibility index (Phi) is 17.4. The van der Waals surface area contributed by atoms with Crippen LogP contribution in [0.5, 0.6) is 0 Å². The number of hydrogen-bond donors (Lipinski definition) is 0. The first-order valence-corrected chi connectivity index (χ1v) is 16.0. The number of pyridine rings is 2. The van der Waals surface area contributed by atoms with Crippen molar-refractivity contribution in [1.29, 1.82) is 0 Å². The number of unbranched alkanes of at least 4 members (excludes halogenated alkanes) is 11. The molecule has 0 aromatic carbocycles. The fourth-order valence-corrected chi connectivity index (χ4v) is 5.91. The molecular formula is C30H50N2S2+2. The van der Waals surface area contributed by atoms with Gasteiger partial charge in [0.2, 0.25) is 0 Å². The van der Waals surface area contributed by atoms with Gasteiger partial charge in [-0.2, -0.15) is 0 Å². The van der Waals surface area contributed by atoms with Crippen LogP contribution in [0.1, 0.15) is 104 Å². The first kappa shape index (κ1) is 29.2. The summed E-state index contributed by atoms with van der Waals surface area (Å²) in [5, 5.41) is 0. The Morgan fingerprint density at radius 2 is 0.824 bits per heavy atom. The Labute approximate surface area is 219 Å². The third-order valence-electron chi connectivity index (χ3n) is 6.34. The summed E-state index contributed by atoms with van der Waals surface area (Å²) < 4.78 is 4.67. The van der Waals surface area contributed by atoms with Crippen LogP contribution in [0.15, 0.2) is 58.8 Å². The topological polar surface area (TPSA) is 7.76 Å². The lowest BCUT2D eigenvalue weighted by atomic mass is 10.1. The molecule has 0 saturated carbocycles. The molecule has 4 heteroatoms. The monoisotopic (exact) mass is 502 g/mol. The Bertz CT molecular complexity index is 652. The molecule has 0 aliphatic heterocycles. The molecule has 0 aliphatic carbocycles. The zero-order chi connectivity index (χ0) is 24.1. The zero-order valence-corrected chi connectivity index (χ0v) is 23.7. The molecule has 0 N–H and O–H groups in total. The van der Waals surface area contributed by atoms with Crippen LogP contribution < -0.4 is 9.13 Å². The molecule has 0 unspecified atom stereocenters. The van der Waals surface area contributed by atoms with E-state index >= 15 is 0 Å². The second-order valence-corrected chi connectivity index (χ2v) is 11.8. The van der Waals surface area contributed by atoms with Gasteiger partial charge in [-0.05, 0) is 37.2 Å². The van der Waals surface area contributed by atoms with Gasteiger partial charge in [-0.3, -0.25) is 0 Å². The van der Waals surface area contributed by atoms with E-state index in [2.05, 4.69) is 72.0 Å². The van der Waals surface area contributed by atoms with Crippen LogP contribution in [0.3, 0.4) is 0 Å². The van der Waals surface area contributed by atoms with Gasteiger partial charge in [0, 0.05) is 46.9 Å². The molecule has 2 rings (SSSR count). The molecule has 190 valence electrons. The van der Waals surface area contributed by atoms with Crippen molar-refractivity contribution >= 4 is 23.5 Å². The van der Waals surface area contributed by atoms with Crippen molar-refractivity contribution in [2.45, 2.75) is 127 Å². The van der Waals surface area contributed by atoms with Crippen LogP contribution in [0.25, 0.3) is 0 Å². The fraction of sp³-hybridized carbons (Fsp3) is 0.667. The van der Waals surface area contributed by atoms with Crippen LogP contribution in [-0.4, -0.2) is 11.5 Å². The van der Waals surface area contributed by atoms with Crippen molar-refractivity contribution < 1.29 is 9.13 Å². The Morgan fingerprint density at radius 3 is 1.21 bits per heavy atom. The quantitative estimate of drug-likeness (QED) is 0.0958. The second-order valence-electron chi connectivity index (χ2n) is 9.48. The zero-order valence-electron chi connectivity index (χ0n) is 22.1. The number of aryl methyl sites for hydroxylation is 2. The van der Waals surface area contributed by atoms with Crippen molar-refractivity contribution in [2.24, 2.45) is 0 Å². The highest BCUT2D eigenvalue weighted by atomic mass is 32.2. The lowest BCUT2D eigenvalue weighted by molar-refractivity contribution is -0.697. The van der Waals surface area contributed by atoms with E-state index in [1.165, 1.54) is 111 Å². The summed E-state index contributed by atoms with van der Waals surface area (Å²) in [4.78, 5) is 2.84. The largest absolute Gasteiger partial charge is 0.205 e. The van der Waals surface area contributed by atoms with E-state index in [0.717, 1.165) is 13.1 Å². The number of thioether (sulfide) groups is 2. The summed E-state index contributed by atoms with van der Waals surface area (Å²) in [5.41, 5.74) is 0. The van der Waals surface area contributed by atoms with Crippen molar-refractivity contribution in [3.8, 4) is 0 Å². The molecule has 0 spiro atoms. The molecule has 0 bridgehead atoms. The average Bonchev–Trinajstić information content (AvgIpc) is 2.87. The van der Waals surface area contributed by atoms with E-state index in [0.29, 0.717) is 0 Å². The predicted molar refractivity (Wildman–Crippen MR) is 151 cm³/mol. The summed E-state index contributed by atoms with van der Waals surface area (Å²) in [5.74, 6) is 2.51. The highest BCUT2D eigenvalue weighted by Gasteiger charge is 2.03. The molecule has 2 nitrogen and oxygen atoms in total. The van der Waals surface area contributed by atoms with E-state index in [9.17, 15) is 0 Å². The highest BCUT2D eigenvalue weighted by Crippen LogP contribution is 2.20. The normalized spacial score (nSPS) is 11.2. The molecule has 2 aromatic heterocycles. The van der Waals surface area contributed by atoms with E-state index in [1.807, 2.05) is 23.5 Å². The fourth-order valence-electron chi connectivity index (χ4n) is 4.11. The Morgan fingerprint density at radius 1 is 0.471 bits per heavy atom. The predicted octanol–water partition coefficient (Wildman–Crippen LogP) is 8.65. The van der Waals surface area contributed by atoms with E-state index in [4.69, 9.17) is 0 Å². The van der Waals surface area contributed by atoms with Crippen LogP contribution in [0, 0.1) is 0 Å².